The lowest BCUT2D eigenvalue weighted by atomic mass is 9.97. The summed E-state index contributed by atoms with van der Waals surface area (Å²) in [6, 6.07) is 0.150. The summed E-state index contributed by atoms with van der Waals surface area (Å²) in [6.07, 6.45) is 2.54. The zero-order valence-electron chi connectivity index (χ0n) is 10.6. The Hall–Kier alpha value is -0.610. The molecule has 1 fully saturated rings. The fourth-order valence-corrected chi connectivity index (χ4v) is 2.24. The van der Waals surface area contributed by atoms with Crippen molar-refractivity contribution in [3.63, 3.8) is 0 Å². The van der Waals surface area contributed by atoms with Gasteiger partial charge in [0.2, 0.25) is 0 Å². The summed E-state index contributed by atoms with van der Waals surface area (Å²) in [5.41, 5.74) is 0.0999. The van der Waals surface area contributed by atoms with Crippen LogP contribution in [0.25, 0.3) is 0 Å². The van der Waals surface area contributed by atoms with Gasteiger partial charge in [-0.1, -0.05) is 13.3 Å². The number of aliphatic carboxylic acids is 1. The molecule has 1 rings (SSSR count). The minimum atomic E-state index is -0.701. The Labute approximate surface area is 98.0 Å². The minimum Gasteiger partial charge on any atom is -0.481 e. The predicted molar refractivity (Wildman–Crippen MR) is 64.6 cm³/mol. The predicted octanol–water partition coefficient (Wildman–Crippen LogP) is 1.31. The second kappa shape index (κ2) is 5.64. The van der Waals surface area contributed by atoms with Gasteiger partial charge in [0, 0.05) is 24.7 Å². The van der Waals surface area contributed by atoms with Crippen molar-refractivity contribution < 1.29 is 9.90 Å². The molecule has 1 saturated heterocycles. The van der Waals surface area contributed by atoms with Gasteiger partial charge in [0.15, 0.2) is 0 Å². The number of hydrogen-bond acceptors (Lipinski definition) is 3. The van der Waals surface area contributed by atoms with E-state index in [1.807, 2.05) is 0 Å². The van der Waals surface area contributed by atoms with Crippen LogP contribution in [0.2, 0.25) is 0 Å². The molecule has 4 nitrogen and oxygen atoms in total. The van der Waals surface area contributed by atoms with Crippen LogP contribution in [0.5, 0.6) is 0 Å². The molecule has 2 N–H and O–H groups in total. The zero-order valence-corrected chi connectivity index (χ0v) is 10.6. The normalized spacial score (nSPS) is 25.6. The number of hydrogen-bond donors (Lipinski definition) is 2. The van der Waals surface area contributed by atoms with Gasteiger partial charge >= 0.3 is 5.97 Å². The van der Waals surface area contributed by atoms with Crippen LogP contribution in [0.1, 0.15) is 40.0 Å². The van der Waals surface area contributed by atoms with Crippen LogP contribution in [-0.2, 0) is 4.79 Å². The standard InChI is InChI=1S/C12H24N2O2/c1-4-5-6-14-9-12(2,3)13-8-10(14)7-11(15)16/h10,13H,4-9H2,1-3H3,(H,15,16). The summed E-state index contributed by atoms with van der Waals surface area (Å²) in [5, 5.41) is 12.3. The zero-order chi connectivity index (χ0) is 12.2. The maximum atomic E-state index is 10.8. The van der Waals surface area contributed by atoms with E-state index in [1.165, 1.54) is 0 Å². The van der Waals surface area contributed by atoms with E-state index < -0.39 is 5.97 Å². The van der Waals surface area contributed by atoms with E-state index in [9.17, 15) is 4.79 Å². The van der Waals surface area contributed by atoms with Gasteiger partial charge in [-0.05, 0) is 26.8 Å². The van der Waals surface area contributed by atoms with Crippen LogP contribution in [0.15, 0.2) is 0 Å². The average molecular weight is 228 g/mol. The third-order valence-electron chi connectivity index (χ3n) is 3.14. The molecule has 0 aromatic carbocycles. The molecule has 1 aliphatic heterocycles. The van der Waals surface area contributed by atoms with E-state index >= 15 is 0 Å². The average Bonchev–Trinajstić information content (AvgIpc) is 2.17. The third-order valence-corrected chi connectivity index (χ3v) is 3.14. The van der Waals surface area contributed by atoms with Crippen molar-refractivity contribution in [2.45, 2.75) is 51.6 Å². The molecular formula is C12H24N2O2. The van der Waals surface area contributed by atoms with Crippen LogP contribution >= 0.6 is 0 Å². The second-order valence-electron chi connectivity index (χ2n) is 5.34. The molecule has 1 aliphatic rings. The van der Waals surface area contributed by atoms with E-state index in [0.29, 0.717) is 0 Å². The molecule has 0 aliphatic carbocycles. The number of nitrogens with zero attached hydrogens (tertiary/aromatic N) is 1. The number of piperazine rings is 1. The Kier molecular flexibility index (Phi) is 4.74. The van der Waals surface area contributed by atoms with Gasteiger partial charge in [-0.15, -0.1) is 0 Å². The third kappa shape index (κ3) is 4.10. The van der Waals surface area contributed by atoms with Crippen LogP contribution < -0.4 is 5.32 Å². The van der Waals surface area contributed by atoms with Crippen molar-refractivity contribution in [3.8, 4) is 0 Å². The number of nitrogens with one attached hydrogen (secondary N) is 1. The quantitative estimate of drug-likeness (QED) is 0.745. The second-order valence-corrected chi connectivity index (χ2v) is 5.34. The van der Waals surface area contributed by atoms with Gasteiger partial charge < -0.3 is 10.4 Å². The first-order chi connectivity index (χ1) is 7.44. The number of rotatable bonds is 5. The van der Waals surface area contributed by atoms with E-state index in [-0.39, 0.29) is 18.0 Å². The molecule has 1 heterocycles. The highest BCUT2D eigenvalue weighted by Gasteiger charge is 2.32. The minimum absolute atomic E-state index is 0.0999. The Morgan fingerprint density at radius 3 is 2.81 bits per heavy atom. The monoisotopic (exact) mass is 228 g/mol. The number of unbranched alkanes of at least 4 members (excludes halogenated alkanes) is 1. The summed E-state index contributed by atoms with van der Waals surface area (Å²) in [4.78, 5) is 13.1. The number of carboxylic acids is 1. The molecule has 0 aromatic rings. The van der Waals surface area contributed by atoms with E-state index in [1.54, 1.807) is 0 Å². The lowest BCUT2D eigenvalue weighted by molar-refractivity contribution is -0.138. The van der Waals surface area contributed by atoms with Gasteiger partial charge in [0.1, 0.15) is 0 Å². The summed E-state index contributed by atoms with van der Waals surface area (Å²) in [7, 11) is 0. The summed E-state index contributed by atoms with van der Waals surface area (Å²) in [6.45, 7) is 9.24. The maximum absolute atomic E-state index is 10.8. The van der Waals surface area contributed by atoms with E-state index in [2.05, 4.69) is 31.0 Å². The largest absolute Gasteiger partial charge is 0.481 e. The van der Waals surface area contributed by atoms with Crippen molar-refractivity contribution in [1.29, 1.82) is 0 Å². The molecule has 0 saturated carbocycles. The van der Waals surface area contributed by atoms with Crippen molar-refractivity contribution in [3.05, 3.63) is 0 Å². The Morgan fingerprint density at radius 2 is 2.25 bits per heavy atom. The van der Waals surface area contributed by atoms with Crippen LogP contribution in [0, 0.1) is 0 Å². The fourth-order valence-electron chi connectivity index (χ4n) is 2.24. The molecular weight excluding hydrogens is 204 g/mol. The van der Waals surface area contributed by atoms with Crippen LogP contribution in [0.4, 0.5) is 0 Å². The Bertz CT molecular complexity index is 241. The summed E-state index contributed by atoms with van der Waals surface area (Å²) >= 11 is 0. The lowest BCUT2D eigenvalue weighted by Crippen LogP contribution is -2.62. The van der Waals surface area contributed by atoms with Crippen LogP contribution in [0.3, 0.4) is 0 Å². The van der Waals surface area contributed by atoms with Crippen molar-refractivity contribution >= 4 is 5.97 Å². The molecule has 0 bridgehead atoms. The Morgan fingerprint density at radius 1 is 1.56 bits per heavy atom. The van der Waals surface area contributed by atoms with Crippen molar-refractivity contribution in [2.75, 3.05) is 19.6 Å². The highest BCUT2D eigenvalue weighted by molar-refractivity contribution is 5.67. The number of carbonyl (C=O) groups is 1. The molecule has 0 amide bonds. The van der Waals surface area contributed by atoms with Crippen LogP contribution in [-0.4, -0.2) is 47.2 Å². The summed E-state index contributed by atoms with van der Waals surface area (Å²) in [5.74, 6) is -0.701. The SMILES string of the molecule is CCCCN1CC(C)(C)NCC1CC(=O)O. The molecule has 0 aromatic heterocycles. The first-order valence-electron chi connectivity index (χ1n) is 6.15. The molecule has 94 valence electrons. The molecule has 0 radical (unpaired) electrons. The fraction of sp³-hybridized carbons (Fsp3) is 0.917. The van der Waals surface area contributed by atoms with Gasteiger partial charge in [0.05, 0.1) is 6.42 Å². The van der Waals surface area contributed by atoms with Gasteiger partial charge in [-0.2, -0.15) is 0 Å². The van der Waals surface area contributed by atoms with E-state index in [0.717, 1.165) is 32.5 Å². The smallest absolute Gasteiger partial charge is 0.304 e. The van der Waals surface area contributed by atoms with Gasteiger partial charge in [-0.25, -0.2) is 0 Å². The highest BCUT2D eigenvalue weighted by Crippen LogP contribution is 2.17. The first-order valence-corrected chi connectivity index (χ1v) is 6.15. The number of carboxylic acid groups (broad SMARTS) is 1. The van der Waals surface area contributed by atoms with Crippen molar-refractivity contribution in [1.82, 2.24) is 10.2 Å². The highest BCUT2D eigenvalue weighted by atomic mass is 16.4. The van der Waals surface area contributed by atoms with Gasteiger partial charge in [-0.3, -0.25) is 9.69 Å². The van der Waals surface area contributed by atoms with E-state index in [4.69, 9.17) is 5.11 Å². The molecule has 4 heteroatoms. The van der Waals surface area contributed by atoms with Crippen molar-refractivity contribution in [2.24, 2.45) is 0 Å². The molecule has 1 unspecified atom stereocenters. The topological polar surface area (TPSA) is 52.6 Å². The first kappa shape index (κ1) is 13.5. The van der Waals surface area contributed by atoms with Gasteiger partial charge in [0.25, 0.3) is 0 Å². The molecule has 1 atom stereocenters. The molecule has 16 heavy (non-hydrogen) atoms. The Balaban J connectivity index is 2.56. The summed E-state index contributed by atoms with van der Waals surface area (Å²) < 4.78 is 0. The maximum Gasteiger partial charge on any atom is 0.304 e. The molecule has 0 spiro atoms. The lowest BCUT2D eigenvalue weighted by Gasteiger charge is -2.44.